The van der Waals surface area contributed by atoms with Gasteiger partial charge in [-0.2, -0.15) is 0 Å². The highest BCUT2D eigenvalue weighted by molar-refractivity contribution is 5.94. The van der Waals surface area contributed by atoms with Crippen LogP contribution in [0.3, 0.4) is 0 Å². The lowest BCUT2D eigenvalue weighted by Crippen LogP contribution is -2.46. The Kier molecular flexibility index (Phi) is 6.33. The largest absolute Gasteiger partial charge is 0.383 e. The van der Waals surface area contributed by atoms with Crippen molar-refractivity contribution in [2.24, 2.45) is 0 Å². The molecular weight excluding hydrogens is 446 g/mol. The smallest absolute Gasteiger partial charge is 0.333 e. The molecule has 5 rings (SSSR count). The van der Waals surface area contributed by atoms with Crippen LogP contribution in [0.1, 0.15) is 17.5 Å². The lowest BCUT2D eigenvalue weighted by Gasteiger charge is -2.29. The number of anilines is 1. The molecule has 0 bridgehead atoms. The zero-order valence-corrected chi connectivity index (χ0v) is 19.6. The number of nitrogens with zero attached hydrogens (tertiary/aromatic N) is 5. The van der Waals surface area contributed by atoms with Crippen LogP contribution in [-0.4, -0.2) is 44.9 Å². The number of hydrogen-bond donors (Lipinski definition) is 0. The number of aryl methyl sites for hydroxylation is 1. The molecule has 2 aromatic carbocycles. The van der Waals surface area contributed by atoms with Crippen molar-refractivity contribution >= 4 is 22.8 Å². The van der Waals surface area contributed by atoms with E-state index in [0.717, 1.165) is 34.2 Å². The Morgan fingerprint density at radius 3 is 2.60 bits per heavy atom. The average molecular weight is 474 g/mol. The summed E-state index contributed by atoms with van der Waals surface area (Å²) >= 11 is 0. The van der Waals surface area contributed by atoms with Gasteiger partial charge in [-0.15, -0.1) is 0 Å². The fourth-order valence-corrected chi connectivity index (χ4v) is 4.66. The molecule has 0 atom stereocenters. The van der Waals surface area contributed by atoms with Gasteiger partial charge in [-0.25, -0.2) is 14.3 Å². The fourth-order valence-electron chi connectivity index (χ4n) is 4.66. The maximum absolute atomic E-state index is 13.6. The predicted octanol–water partition coefficient (Wildman–Crippen LogP) is 2.03. The molecule has 4 aromatic rings. The third-order valence-corrected chi connectivity index (χ3v) is 6.41. The van der Waals surface area contributed by atoms with Gasteiger partial charge >= 0.3 is 5.69 Å². The first-order valence-corrected chi connectivity index (χ1v) is 11.7. The highest BCUT2D eigenvalue weighted by Gasteiger charge is 2.25. The molecule has 0 fully saturated rings. The number of carbonyl (C=O) groups is 1. The first kappa shape index (κ1) is 22.8. The van der Waals surface area contributed by atoms with Crippen molar-refractivity contribution in [1.82, 2.24) is 18.7 Å². The lowest BCUT2D eigenvalue weighted by molar-refractivity contribution is -0.119. The van der Waals surface area contributed by atoms with Gasteiger partial charge in [0.1, 0.15) is 6.54 Å². The first-order valence-electron chi connectivity index (χ1n) is 11.7. The molecule has 0 aliphatic carbocycles. The molecule has 0 saturated carbocycles. The average Bonchev–Trinajstić information content (AvgIpc) is 3.32. The van der Waals surface area contributed by atoms with Crippen LogP contribution in [0.15, 0.2) is 70.5 Å². The third kappa shape index (κ3) is 4.30. The monoisotopic (exact) mass is 473 g/mol. The molecule has 0 N–H and O–H groups in total. The molecule has 0 saturated heterocycles. The van der Waals surface area contributed by atoms with Gasteiger partial charge < -0.3 is 14.2 Å². The van der Waals surface area contributed by atoms with Crippen molar-refractivity contribution in [3.8, 4) is 0 Å². The number of amides is 1. The van der Waals surface area contributed by atoms with Crippen molar-refractivity contribution < 1.29 is 9.53 Å². The third-order valence-electron chi connectivity index (χ3n) is 6.41. The van der Waals surface area contributed by atoms with Crippen LogP contribution in [-0.2, 0) is 35.6 Å². The predicted molar refractivity (Wildman–Crippen MR) is 133 cm³/mol. The molecule has 0 radical (unpaired) electrons. The molecule has 0 spiro atoms. The second kappa shape index (κ2) is 9.71. The minimum atomic E-state index is -0.554. The van der Waals surface area contributed by atoms with E-state index in [1.165, 1.54) is 4.57 Å². The molecule has 3 heterocycles. The Morgan fingerprint density at radius 2 is 1.80 bits per heavy atom. The van der Waals surface area contributed by atoms with E-state index in [9.17, 15) is 14.4 Å². The Bertz CT molecular complexity index is 1490. The molecule has 2 aromatic heterocycles. The number of ether oxygens (including phenoxy) is 1. The second-order valence-corrected chi connectivity index (χ2v) is 8.63. The number of rotatable bonds is 7. The van der Waals surface area contributed by atoms with E-state index in [4.69, 9.17) is 4.74 Å². The molecule has 1 aliphatic heterocycles. The molecule has 9 nitrogen and oxygen atoms in total. The van der Waals surface area contributed by atoms with Crippen molar-refractivity contribution in [3.05, 3.63) is 92.9 Å². The summed E-state index contributed by atoms with van der Waals surface area (Å²) in [6.07, 6.45) is 3.27. The van der Waals surface area contributed by atoms with Gasteiger partial charge in [0.2, 0.25) is 5.91 Å². The lowest BCUT2D eigenvalue weighted by atomic mass is 10.0. The topological polar surface area (TPSA) is 91.4 Å². The normalized spacial score (nSPS) is 13.2. The van der Waals surface area contributed by atoms with Gasteiger partial charge in [-0.1, -0.05) is 48.5 Å². The van der Waals surface area contributed by atoms with E-state index < -0.39 is 11.2 Å². The quantitative estimate of drug-likeness (QED) is 0.410. The highest BCUT2D eigenvalue weighted by Crippen LogP contribution is 2.26. The van der Waals surface area contributed by atoms with E-state index in [-0.39, 0.29) is 24.5 Å². The van der Waals surface area contributed by atoms with Crippen molar-refractivity contribution in [2.75, 3.05) is 25.2 Å². The Hall–Kier alpha value is -3.98. The van der Waals surface area contributed by atoms with Crippen LogP contribution in [0.4, 0.5) is 5.69 Å². The van der Waals surface area contributed by atoms with E-state index >= 15 is 0 Å². The van der Waals surface area contributed by atoms with Gasteiger partial charge in [0, 0.05) is 25.9 Å². The summed E-state index contributed by atoms with van der Waals surface area (Å²) in [7, 11) is 1.58. The molecule has 9 heteroatoms. The van der Waals surface area contributed by atoms with E-state index in [1.54, 1.807) is 22.9 Å². The summed E-state index contributed by atoms with van der Waals surface area (Å²) in [4.78, 5) is 46.6. The zero-order chi connectivity index (χ0) is 24.4. The highest BCUT2D eigenvalue weighted by atomic mass is 16.5. The van der Waals surface area contributed by atoms with Gasteiger partial charge in [0.05, 0.1) is 19.5 Å². The van der Waals surface area contributed by atoms with Crippen LogP contribution in [0.2, 0.25) is 0 Å². The number of hydrogen-bond acceptors (Lipinski definition) is 5. The summed E-state index contributed by atoms with van der Waals surface area (Å²) in [6, 6.07) is 17.3. The molecular formula is C26H27N5O4. The summed E-state index contributed by atoms with van der Waals surface area (Å²) in [5, 5.41) is 0. The van der Waals surface area contributed by atoms with Gasteiger partial charge in [-0.3, -0.25) is 14.2 Å². The number of fused-ring (bicyclic) bond motifs is 2. The first-order chi connectivity index (χ1) is 17.1. The van der Waals surface area contributed by atoms with Crippen LogP contribution >= 0.6 is 0 Å². The van der Waals surface area contributed by atoms with Gasteiger partial charge in [0.25, 0.3) is 5.56 Å². The van der Waals surface area contributed by atoms with Crippen LogP contribution in [0, 0.1) is 0 Å². The standard InChI is InChI=1S/C26H27N5O4/c1-35-15-14-28-18-27-24-23(28)25(33)31(26(34)30(24)16-19-8-3-2-4-9-19)17-22(32)29-13-7-11-20-10-5-6-12-21(20)29/h2-6,8-10,12,18H,7,11,13-17H2,1H3. The number of benzene rings is 2. The maximum atomic E-state index is 13.6. The Labute approximate surface area is 201 Å². The van der Waals surface area contributed by atoms with Crippen LogP contribution < -0.4 is 16.1 Å². The second-order valence-electron chi connectivity index (χ2n) is 8.63. The van der Waals surface area contributed by atoms with Crippen LogP contribution in [0.5, 0.6) is 0 Å². The van der Waals surface area contributed by atoms with Gasteiger partial charge in [-0.05, 0) is 30.0 Å². The number of aromatic nitrogens is 4. The summed E-state index contributed by atoms with van der Waals surface area (Å²) in [6.45, 7) is 1.23. The molecule has 0 unspecified atom stereocenters. The number of imidazole rings is 1. The van der Waals surface area contributed by atoms with Crippen molar-refractivity contribution in [3.63, 3.8) is 0 Å². The van der Waals surface area contributed by atoms with E-state index in [2.05, 4.69) is 4.98 Å². The number of carbonyl (C=O) groups excluding carboxylic acids is 1. The summed E-state index contributed by atoms with van der Waals surface area (Å²) in [5.74, 6) is -0.287. The maximum Gasteiger partial charge on any atom is 0.333 e. The number of methoxy groups -OCH3 is 1. The Balaban J connectivity index is 1.60. The minimum Gasteiger partial charge on any atom is -0.383 e. The molecule has 1 aliphatic rings. The van der Waals surface area contributed by atoms with Crippen molar-refractivity contribution in [1.29, 1.82) is 0 Å². The van der Waals surface area contributed by atoms with Gasteiger partial charge in [0.15, 0.2) is 11.2 Å². The molecule has 1 amide bonds. The summed E-state index contributed by atoms with van der Waals surface area (Å²) in [5.41, 5.74) is 2.32. The Morgan fingerprint density at radius 1 is 1.03 bits per heavy atom. The van der Waals surface area contributed by atoms with Crippen LogP contribution in [0.25, 0.3) is 11.2 Å². The summed E-state index contributed by atoms with van der Waals surface area (Å²) < 4.78 is 9.36. The molecule has 35 heavy (non-hydrogen) atoms. The number of para-hydroxylation sites is 1. The van der Waals surface area contributed by atoms with E-state index in [0.29, 0.717) is 25.3 Å². The molecule has 180 valence electrons. The van der Waals surface area contributed by atoms with Crippen molar-refractivity contribution in [2.45, 2.75) is 32.5 Å². The van der Waals surface area contributed by atoms with E-state index in [1.807, 2.05) is 54.6 Å². The fraction of sp³-hybridized carbons (Fsp3) is 0.308. The SMILES string of the molecule is COCCn1cnc2c1c(=O)n(CC(=O)N1CCCc3ccccc31)c(=O)n2Cc1ccccc1. The zero-order valence-electron chi connectivity index (χ0n) is 19.6. The minimum absolute atomic E-state index is 0.235.